The van der Waals surface area contributed by atoms with Gasteiger partial charge in [-0.3, -0.25) is 4.79 Å². The molecule has 20 heavy (non-hydrogen) atoms. The van der Waals surface area contributed by atoms with Crippen LogP contribution < -0.4 is 5.32 Å². The number of nitrogens with one attached hydrogen (secondary N) is 1. The Morgan fingerprint density at radius 2 is 2.15 bits per heavy atom. The van der Waals surface area contributed by atoms with Crippen LogP contribution in [0.5, 0.6) is 0 Å². The molecular formula is C15H20BrNO3. The zero-order valence-corrected chi connectivity index (χ0v) is 13.2. The number of carbonyl (C=O) groups is 1. The number of hydrogen-bond acceptors (Lipinski definition) is 3. The quantitative estimate of drug-likeness (QED) is 0.915. The summed E-state index contributed by atoms with van der Waals surface area (Å²) in [6, 6.07) is 7.88. The summed E-state index contributed by atoms with van der Waals surface area (Å²) in [5.41, 5.74) is 1.06. The van der Waals surface area contributed by atoms with Crippen LogP contribution in [0.25, 0.3) is 0 Å². The predicted octanol–water partition coefficient (Wildman–Crippen LogP) is 2.65. The van der Waals surface area contributed by atoms with Crippen molar-refractivity contribution in [3.8, 4) is 0 Å². The van der Waals surface area contributed by atoms with Crippen molar-refractivity contribution in [3.63, 3.8) is 0 Å². The monoisotopic (exact) mass is 341 g/mol. The lowest BCUT2D eigenvalue weighted by Gasteiger charge is -2.22. The van der Waals surface area contributed by atoms with Crippen LogP contribution in [0.3, 0.4) is 0 Å². The number of amides is 1. The Bertz CT molecular complexity index is 435. The highest BCUT2D eigenvalue weighted by Crippen LogP contribution is 2.17. The van der Waals surface area contributed by atoms with Gasteiger partial charge in [0.05, 0.1) is 6.10 Å². The van der Waals surface area contributed by atoms with Gasteiger partial charge in [0.25, 0.3) is 5.91 Å². The molecule has 0 unspecified atom stereocenters. The fourth-order valence-electron chi connectivity index (χ4n) is 2.29. The van der Waals surface area contributed by atoms with Crippen molar-refractivity contribution >= 4 is 21.8 Å². The van der Waals surface area contributed by atoms with Crippen LogP contribution in [0.4, 0.5) is 0 Å². The van der Waals surface area contributed by atoms with Crippen molar-refractivity contribution in [2.75, 3.05) is 13.7 Å². The highest BCUT2D eigenvalue weighted by Gasteiger charge is 2.30. The molecule has 0 aliphatic carbocycles. The minimum Gasteiger partial charge on any atom is -0.378 e. The molecule has 1 fully saturated rings. The first kappa shape index (κ1) is 15.5. The number of halogens is 1. The highest BCUT2D eigenvalue weighted by molar-refractivity contribution is 9.10. The summed E-state index contributed by atoms with van der Waals surface area (Å²) in [6.07, 6.45) is 2.23. The van der Waals surface area contributed by atoms with Gasteiger partial charge < -0.3 is 14.8 Å². The Balaban J connectivity index is 1.90. The number of hydrogen-bond donors (Lipinski definition) is 1. The molecule has 2 rings (SSSR count). The smallest absolute Gasteiger partial charge is 0.252 e. The summed E-state index contributed by atoms with van der Waals surface area (Å²) in [5, 5.41) is 2.92. The van der Waals surface area contributed by atoms with Gasteiger partial charge in [0, 0.05) is 24.7 Å². The molecule has 4 nitrogen and oxygen atoms in total. The van der Waals surface area contributed by atoms with Crippen LogP contribution in [0.15, 0.2) is 28.7 Å². The molecule has 1 heterocycles. The van der Waals surface area contributed by atoms with E-state index in [0.717, 1.165) is 29.3 Å². The molecule has 1 amide bonds. The molecule has 1 N–H and O–H groups in total. The first-order valence-electron chi connectivity index (χ1n) is 6.87. The number of ether oxygens (including phenoxy) is 2. The van der Waals surface area contributed by atoms with E-state index in [1.165, 1.54) is 0 Å². The summed E-state index contributed by atoms with van der Waals surface area (Å²) in [4.78, 5) is 12.2. The molecular weight excluding hydrogens is 322 g/mol. The molecule has 1 saturated heterocycles. The summed E-state index contributed by atoms with van der Waals surface area (Å²) in [6.45, 7) is 1.12. The van der Waals surface area contributed by atoms with Crippen molar-refractivity contribution in [2.45, 2.75) is 38.0 Å². The van der Waals surface area contributed by atoms with Crippen molar-refractivity contribution in [1.82, 2.24) is 5.32 Å². The molecule has 1 aromatic carbocycles. The number of benzene rings is 1. The number of rotatable bonds is 4. The Morgan fingerprint density at radius 1 is 1.40 bits per heavy atom. The van der Waals surface area contributed by atoms with Gasteiger partial charge >= 0.3 is 0 Å². The average molecular weight is 342 g/mol. The third-order valence-corrected chi connectivity index (χ3v) is 3.99. The zero-order chi connectivity index (χ0) is 14.4. The van der Waals surface area contributed by atoms with Gasteiger partial charge in [-0.15, -0.1) is 0 Å². The zero-order valence-electron chi connectivity index (χ0n) is 11.6. The van der Waals surface area contributed by atoms with E-state index >= 15 is 0 Å². The van der Waals surface area contributed by atoms with Gasteiger partial charge in [-0.1, -0.05) is 28.1 Å². The Morgan fingerprint density at radius 3 is 2.85 bits per heavy atom. The minimum atomic E-state index is -0.502. The van der Waals surface area contributed by atoms with E-state index in [-0.39, 0.29) is 12.0 Å². The van der Waals surface area contributed by atoms with Crippen LogP contribution in [-0.2, 0) is 20.8 Å². The molecule has 110 valence electrons. The summed E-state index contributed by atoms with van der Waals surface area (Å²) < 4.78 is 12.0. The van der Waals surface area contributed by atoms with E-state index in [1.807, 2.05) is 24.3 Å². The second-order valence-electron chi connectivity index (χ2n) is 4.91. The molecule has 0 radical (unpaired) electrons. The molecule has 0 spiro atoms. The lowest BCUT2D eigenvalue weighted by atomic mass is 10.1. The van der Waals surface area contributed by atoms with Gasteiger partial charge in [0.1, 0.15) is 0 Å². The molecule has 2 atom stereocenters. The SMILES string of the molecule is CO[C@H]1CCCCO[C@H]1C(=O)NCc1ccc(Br)cc1. The molecule has 0 bridgehead atoms. The molecule has 5 heteroatoms. The maximum atomic E-state index is 12.2. The fourth-order valence-corrected chi connectivity index (χ4v) is 2.56. The van der Waals surface area contributed by atoms with E-state index in [4.69, 9.17) is 9.47 Å². The number of methoxy groups -OCH3 is 1. The van der Waals surface area contributed by atoms with Gasteiger partial charge in [-0.25, -0.2) is 0 Å². The van der Waals surface area contributed by atoms with Gasteiger partial charge in [-0.05, 0) is 37.0 Å². The Kier molecular flexibility index (Phi) is 6.01. The fraction of sp³-hybridized carbons (Fsp3) is 0.533. The summed E-state index contributed by atoms with van der Waals surface area (Å²) in [5.74, 6) is -0.0957. The van der Waals surface area contributed by atoms with Crippen molar-refractivity contribution in [2.24, 2.45) is 0 Å². The average Bonchev–Trinajstić information content (AvgIpc) is 2.71. The normalized spacial score (nSPS) is 23.1. The van der Waals surface area contributed by atoms with E-state index in [0.29, 0.717) is 13.2 Å². The predicted molar refractivity (Wildman–Crippen MR) is 80.4 cm³/mol. The standard InChI is InChI=1S/C15H20BrNO3/c1-19-13-4-2-3-9-20-14(13)15(18)17-10-11-5-7-12(16)8-6-11/h5-8,13-14H,2-4,9-10H2,1H3,(H,17,18)/t13-,14+/m0/s1. The molecule has 0 aromatic heterocycles. The molecule has 1 aromatic rings. The van der Waals surface area contributed by atoms with Crippen molar-refractivity contribution in [1.29, 1.82) is 0 Å². The minimum absolute atomic E-state index is 0.0957. The Labute approximate surface area is 128 Å². The van der Waals surface area contributed by atoms with E-state index in [9.17, 15) is 4.79 Å². The van der Waals surface area contributed by atoms with Crippen LogP contribution in [0.2, 0.25) is 0 Å². The first-order chi connectivity index (χ1) is 9.70. The van der Waals surface area contributed by atoms with Crippen LogP contribution in [-0.4, -0.2) is 31.8 Å². The van der Waals surface area contributed by atoms with E-state index in [1.54, 1.807) is 7.11 Å². The van der Waals surface area contributed by atoms with E-state index in [2.05, 4.69) is 21.2 Å². The van der Waals surface area contributed by atoms with E-state index < -0.39 is 6.10 Å². The third-order valence-electron chi connectivity index (χ3n) is 3.46. The molecule has 0 saturated carbocycles. The maximum Gasteiger partial charge on any atom is 0.252 e. The first-order valence-corrected chi connectivity index (χ1v) is 7.66. The molecule has 1 aliphatic rings. The second-order valence-corrected chi connectivity index (χ2v) is 5.82. The topological polar surface area (TPSA) is 47.6 Å². The van der Waals surface area contributed by atoms with Gasteiger partial charge in [-0.2, -0.15) is 0 Å². The summed E-state index contributed by atoms with van der Waals surface area (Å²) in [7, 11) is 1.63. The number of carbonyl (C=O) groups excluding carboxylic acids is 1. The van der Waals surface area contributed by atoms with Crippen LogP contribution in [0.1, 0.15) is 24.8 Å². The third kappa shape index (κ3) is 4.30. The van der Waals surface area contributed by atoms with Crippen molar-refractivity contribution in [3.05, 3.63) is 34.3 Å². The Hall–Kier alpha value is -0.910. The summed E-state index contributed by atoms with van der Waals surface area (Å²) >= 11 is 3.39. The van der Waals surface area contributed by atoms with Gasteiger partial charge in [0.15, 0.2) is 6.10 Å². The highest BCUT2D eigenvalue weighted by atomic mass is 79.9. The lowest BCUT2D eigenvalue weighted by molar-refractivity contribution is -0.141. The second kappa shape index (κ2) is 7.76. The van der Waals surface area contributed by atoms with Crippen LogP contribution in [0, 0.1) is 0 Å². The van der Waals surface area contributed by atoms with Gasteiger partial charge in [0.2, 0.25) is 0 Å². The molecule has 1 aliphatic heterocycles. The van der Waals surface area contributed by atoms with Crippen molar-refractivity contribution < 1.29 is 14.3 Å². The lowest BCUT2D eigenvalue weighted by Crippen LogP contribution is -2.43. The van der Waals surface area contributed by atoms with Crippen LogP contribution >= 0.6 is 15.9 Å². The maximum absolute atomic E-state index is 12.2. The largest absolute Gasteiger partial charge is 0.378 e.